The molecule has 1 aromatic rings. The van der Waals surface area contributed by atoms with Gasteiger partial charge in [-0.15, -0.1) is 0 Å². The van der Waals surface area contributed by atoms with Crippen LogP contribution < -0.4 is 0 Å². The van der Waals surface area contributed by atoms with Gasteiger partial charge in [-0.2, -0.15) is 0 Å². The zero-order chi connectivity index (χ0) is 12.0. The van der Waals surface area contributed by atoms with Crippen LogP contribution in [-0.2, 0) is 0 Å². The van der Waals surface area contributed by atoms with Gasteiger partial charge in [0.2, 0.25) is 0 Å². The minimum absolute atomic E-state index is 0.695. The Morgan fingerprint density at radius 2 is 1.40 bits per heavy atom. The quantitative estimate of drug-likeness (QED) is 0.627. The van der Waals surface area contributed by atoms with E-state index in [9.17, 15) is 0 Å². The van der Waals surface area contributed by atoms with Gasteiger partial charge in [-0.1, -0.05) is 45.4 Å². The van der Waals surface area contributed by atoms with Crippen molar-refractivity contribution in [1.82, 2.24) is 0 Å². The lowest BCUT2D eigenvalue weighted by Gasteiger charge is -2.16. The zero-order valence-electron chi connectivity index (χ0n) is 11.4. The van der Waals surface area contributed by atoms with Gasteiger partial charge < -0.3 is 0 Å². The standard InChI is InChI=1S/C13H20.C2H6/c1-6-10(3)13-11(4)7-9(2)8-12(13)5;1-2/h7-8,10H,6H2,1-5H3;1-2H3. The van der Waals surface area contributed by atoms with Crippen LogP contribution in [0.3, 0.4) is 0 Å². The lowest BCUT2D eigenvalue weighted by molar-refractivity contribution is 0.722. The van der Waals surface area contributed by atoms with Crippen molar-refractivity contribution in [3.05, 3.63) is 34.4 Å². The van der Waals surface area contributed by atoms with Crippen molar-refractivity contribution in [1.29, 1.82) is 0 Å². The summed E-state index contributed by atoms with van der Waals surface area (Å²) in [4.78, 5) is 0. The van der Waals surface area contributed by atoms with E-state index in [-0.39, 0.29) is 0 Å². The number of hydrogen-bond donors (Lipinski definition) is 0. The van der Waals surface area contributed by atoms with Gasteiger partial charge in [-0.05, 0) is 49.8 Å². The first-order chi connectivity index (χ1) is 7.06. The smallest absolute Gasteiger partial charge is 0.0188 e. The van der Waals surface area contributed by atoms with Crippen LogP contribution in [0, 0.1) is 20.8 Å². The molecule has 0 heteroatoms. The van der Waals surface area contributed by atoms with Gasteiger partial charge in [0.15, 0.2) is 0 Å². The van der Waals surface area contributed by atoms with Crippen LogP contribution in [0.1, 0.15) is 62.3 Å². The van der Waals surface area contributed by atoms with E-state index in [1.54, 1.807) is 5.56 Å². The topological polar surface area (TPSA) is 0 Å². The van der Waals surface area contributed by atoms with Gasteiger partial charge in [0, 0.05) is 0 Å². The highest BCUT2D eigenvalue weighted by Crippen LogP contribution is 2.26. The fourth-order valence-corrected chi connectivity index (χ4v) is 2.17. The lowest BCUT2D eigenvalue weighted by atomic mass is 9.89. The first-order valence-corrected chi connectivity index (χ1v) is 6.14. The predicted molar refractivity (Wildman–Crippen MR) is 70.7 cm³/mol. The fraction of sp³-hybridized carbons (Fsp3) is 0.600. The molecule has 0 saturated heterocycles. The van der Waals surface area contributed by atoms with Crippen LogP contribution in [0.4, 0.5) is 0 Å². The summed E-state index contributed by atoms with van der Waals surface area (Å²) in [7, 11) is 0. The molecule has 0 bridgehead atoms. The molecule has 1 rings (SSSR count). The Hall–Kier alpha value is -0.780. The monoisotopic (exact) mass is 206 g/mol. The van der Waals surface area contributed by atoms with Crippen molar-refractivity contribution in [3.8, 4) is 0 Å². The minimum atomic E-state index is 0.695. The first-order valence-electron chi connectivity index (χ1n) is 6.14. The molecule has 0 aliphatic heterocycles. The van der Waals surface area contributed by atoms with Crippen LogP contribution in [0.5, 0.6) is 0 Å². The second kappa shape index (κ2) is 6.66. The van der Waals surface area contributed by atoms with Gasteiger partial charge in [0.05, 0.1) is 0 Å². The van der Waals surface area contributed by atoms with E-state index >= 15 is 0 Å². The summed E-state index contributed by atoms with van der Waals surface area (Å²) in [5.41, 5.74) is 5.83. The molecule has 0 fully saturated rings. The maximum atomic E-state index is 2.31. The maximum absolute atomic E-state index is 2.31. The summed E-state index contributed by atoms with van der Waals surface area (Å²) in [6.45, 7) is 15.2. The van der Waals surface area contributed by atoms with Crippen LogP contribution >= 0.6 is 0 Å². The molecule has 0 aliphatic rings. The van der Waals surface area contributed by atoms with Gasteiger partial charge in [0.1, 0.15) is 0 Å². The number of benzene rings is 1. The second-order valence-corrected chi connectivity index (χ2v) is 4.12. The average Bonchev–Trinajstić information content (AvgIpc) is 2.19. The van der Waals surface area contributed by atoms with E-state index in [4.69, 9.17) is 0 Å². The van der Waals surface area contributed by atoms with Gasteiger partial charge in [0.25, 0.3) is 0 Å². The van der Waals surface area contributed by atoms with E-state index < -0.39 is 0 Å². The molecular formula is C15H26. The molecule has 1 aromatic carbocycles. The predicted octanol–water partition coefficient (Wildman–Crippen LogP) is 5.15. The Balaban J connectivity index is 0.000000921. The van der Waals surface area contributed by atoms with Crippen LogP contribution in [0.15, 0.2) is 12.1 Å². The Bertz CT molecular complexity index is 274. The Morgan fingerprint density at radius 3 is 1.73 bits per heavy atom. The fourth-order valence-electron chi connectivity index (χ4n) is 2.17. The summed E-state index contributed by atoms with van der Waals surface area (Å²) in [5.74, 6) is 0.695. The molecule has 0 nitrogen and oxygen atoms in total. The maximum Gasteiger partial charge on any atom is -0.0188 e. The second-order valence-electron chi connectivity index (χ2n) is 4.12. The van der Waals surface area contributed by atoms with Crippen LogP contribution in [-0.4, -0.2) is 0 Å². The molecule has 0 N–H and O–H groups in total. The molecule has 86 valence electrons. The molecule has 0 radical (unpaired) electrons. The van der Waals surface area contributed by atoms with E-state index in [2.05, 4.69) is 46.8 Å². The zero-order valence-corrected chi connectivity index (χ0v) is 11.4. The van der Waals surface area contributed by atoms with Crippen molar-refractivity contribution in [2.75, 3.05) is 0 Å². The SMILES string of the molecule is CC.CCC(C)c1c(C)cc(C)cc1C. The Labute approximate surface area is 95.7 Å². The number of aryl methyl sites for hydroxylation is 3. The van der Waals surface area contributed by atoms with E-state index in [0.29, 0.717) is 5.92 Å². The lowest BCUT2D eigenvalue weighted by Crippen LogP contribution is -1.99. The summed E-state index contributed by atoms with van der Waals surface area (Å²) >= 11 is 0. The summed E-state index contributed by atoms with van der Waals surface area (Å²) < 4.78 is 0. The molecule has 0 aliphatic carbocycles. The van der Waals surface area contributed by atoms with Gasteiger partial charge in [-0.25, -0.2) is 0 Å². The third kappa shape index (κ3) is 3.70. The summed E-state index contributed by atoms with van der Waals surface area (Å²) in [5, 5.41) is 0. The van der Waals surface area contributed by atoms with Crippen LogP contribution in [0.25, 0.3) is 0 Å². The Morgan fingerprint density at radius 1 is 1.00 bits per heavy atom. The summed E-state index contributed by atoms with van der Waals surface area (Å²) in [6, 6.07) is 4.57. The van der Waals surface area contributed by atoms with Crippen molar-refractivity contribution >= 4 is 0 Å². The minimum Gasteiger partial charge on any atom is -0.0683 e. The molecule has 0 saturated carbocycles. The molecule has 0 amide bonds. The van der Waals surface area contributed by atoms with Gasteiger partial charge in [-0.3, -0.25) is 0 Å². The molecular weight excluding hydrogens is 180 g/mol. The average molecular weight is 206 g/mol. The molecule has 1 atom stereocenters. The molecule has 1 unspecified atom stereocenters. The van der Waals surface area contributed by atoms with Crippen LogP contribution in [0.2, 0.25) is 0 Å². The normalized spacial score (nSPS) is 11.7. The number of hydrogen-bond acceptors (Lipinski definition) is 0. The third-order valence-electron chi connectivity index (χ3n) is 2.84. The van der Waals surface area contributed by atoms with Crippen molar-refractivity contribution in [2.45, 2.75) is 60.8 Å². The Kier molecular flexibility index (Phi) is 6.31. The van der Waals surface area contributed by atoms with E-state index in [1.165, 1.54) is 23.1 Å². The first kappa shape index (κ1) is 14.2. The van der Waals surface area contributed by atoms with E-state index in [0.717, 1.165) is 0 Å². The van der Waals surface area contributed by atoms with Crippen molar-refractivity contribution < 1.29 is 0 Å². The van der Waals surface area contributed by atoms with E-state index in [1.807, 2.05) is 13.8 Å². The molecule has 0 aromatic heterocycles. The summed E-state index contributed by atoms with van der Waals surface area (Å²) in [6.07, 6.45) is 1.23. The van der Waals surface area contributed by atoms with Gasteiger partial charge >= 0.3 is 0 Å². The third-order valence-corrected chi connectivity index (χ3v) is 2.84. The molecule has 0 heterocycles. The highest BCUT2D eigenvalue weighted by Gasteiger charge is 2.09. The molecule has 0 spiro atoms. The highest BCUT2D eigenvalue weighted by molar-refractivity contribution is 5.39. The van der Waals surface area contributed by atoms with Crippen molar-refractivity contribution in [3.63, 3.8) is 0 Å². The molecule has 15 heavy (non-hydrogen) atoms. The number of rotatable bonds is 2. The largest absolute Gasteiger partial charge is 0.0683 e. The van der Waals surface area contributed by atoms with Crippen molar-refractivity contribution in [2.24, 2.45) is 0 Å². The highest BCUT2D eigenvalue weighted by atomic mass is 14.1.